The fraction of sp³-hybridized carbons (Fsp3) is 0.231. The maximum Gasteiger partial charge on any atom is 0.410 e. The maximum atomic E-state index is 12.9. The van der Waals surface area contributed by atoms with Crippen LogP contribution < -0.4 is 0 Å². The van der Waals surface area contributed by atoms with Crippen LogP contribution in [0.25, 0.3) is 11.1 Å². The molecule has 0 heterocycles. The van der Waals surface area contributed by atoms with E-state index in [1.165, 1.54) is 7.05 Å². The average molecular weight is 463 g/mol. The zero-order valence-electron chi connectivity index (χ0n) is 18.3. The number of amides is 2. The lowest BCUT2D eigenvalue weighted by Gasteiger charge is -2.25. The Balaban J connectivity index is 1.50. The lowest BCUT2D eigenvalue weighted by atomic mass is 9.98. The SMILES string of the molecule is Cc1ccc(CC(C(=O)N=O)N(C)C(=O)OCC2c3ccccc3-c3ccccc32)cc1Cl. The fourth-order valence-corrected chi connectivity index (χ4v) is 4.46. The van der Waals surface area contributed by atoms with E-state index in [1.807, 2.05) is 49.4 Å². The van der Waals surface area contributed by atoms with Crippen molar-refractivity contribution in [1.82, 2.24) is 4.90 Å². The lowest BCUT2D eigenvalue weighted by molar-refractivity contribution is -0.122. The first-order chi connectivity index (χ1) is 15.9. The largest absolute Gasteiger partial charge is 0.448 e. The van der Waals surface area contributed by atoms with Gasteiger partial charge >= 0.3 is 12.0 Å². The van der Waals surface area contributed by atoms with Crippen LogP contribution >= 0.6 is 11.6 Å². The van der Waals surface area contributed by atoms with Crippen molar-refractivity contribution in [2.75, 3.05) is 13.7 Å². The van der Waals surface area contributed by atoms with Crippen molar-refractivity contribution in [3.63, 3.8) is 0 Å². The first-order valence-electron chi connectivity index (χ1n) is 10.6. The molecule has 168 valence electrons. The summed E-state index contributed by atoms with van der Waals surface area (Å²) in [5.41, 5.74) is 6.03. The second-order valence-electron chi connectivity index (χ2n) is 8.15. The minimum atomic E-state index is -1.09. The molecule has 1 aliphatic rings. The van der Waals surface area contributed by atoms with E-state index in [0.717, 1.165) is 32.7 Å². The minimum Gasteiger partial charge on any atom is -0.448 e. The van der Waals surface area contributed by atoms with Gasteiger partial charge in [0.05, 0.1) is 0 Å². The molecule has 1 unspecified atom stereocenters. The summed E-state index contributed by atoms with van der Waals surface area (Å²) in [6.07, 6.45) is -0.595. The maximum absolute atomic E-state index is 12.9. The normalized spacial score (nSPS) is 13.1. The molecule has 0 saturated heterocycles. The molecule has 0 spiro atoms. The van der Waals surface area contributed by atoms with E-state index in [2.05, 4.69) is 17.3 Å². The Kier molecular flexibility index (Phi) is 6.56. The number of rotatable bonds is 6. The highest BCUT2D eigenvalue weighted by atomic mass is 35.5. The lowest BCUT2D eigenvalue weighted by Crippen LogP contribution is -2.43. The van der Waals surface area contributed by atoms with Gasteiger partial charge in [-0.2, -0.15) is 0 Å². The van der Waals surface area contributed by atoms with Crippen LogP contribution in [0.1, 0.15) is 28.2 Å². The molecule has 6 nitrogen and oxygen atoms in total. The highest BCUT2D eigenvalue weighted by Gasteiger charge is 2.32. The van der Waals surface area contributed by atoms with Gasteiger partial charge in [-0.05, 0) is 46.4 Å². The van der Waals surface area contributed by atoms with Gasteiger partial charge in [0.1, 0.15) is 12.6 Å². The molecule has 2 amide bonds. The topological polar surface area (TPSA) is 76.0 Å². The number of nitroso groups, excluding NO2 is 1. The molecule has 0 radical (unpaired) electrons. The van der Waals surface area contributed by atoms with Gasteiger partial charge in [0, 0.05) is 29.6 Å². The number of fused-ring (bicyclic) bond motifs is 3. The van der Waals surface area contributed by atoms with Crippen molar-refractivity contribution >= 4 is 23.6 Å². The fourth-order valence-electron chi connectivity index (χ4n) is 4.26. The predicted molar refractivity (Wildman–Crippen MR) is 127 cm³/mol. The zero-order chi connectivity index (χ0) is 23.5. The number of hydrogen-bond acceptors (Lipinski definition) is 4. The second-order valence-corrected chi connectivity index (χ2v) is 8.56. The van der Waals surface area contributed by atoms with Crippen LogP contribution in [0.4, 0.5) is 4.79 Å². The van der Waals surface area contributed by atoms with Gasteiger partial charge in [-0.25, -0.2) is 4.79 Å². The molecule has 0 aromatic heterocycles. The van der Waals surface area contributed by atoms with Crippen LogP contribution in [0.3, 0.4) is 0 Å². The van der Waals surface area contributed by atoms with Crippen LogP contribution in [-0.2, 0) is 16.0 Å². The van der Waals surface area contributed by atoms with Gasteiger partial charge in [-0.15, -0.1) is 4.91 Å². The molecular weight excluding hydrogens is 440 g/mol. The Hall–Kier alpha value is -3.51. The van der Waals surface area contributed by atoms with E-state index in [4.69, 9.17) is 16.3 Å². The van der Waals surface area contributed by atoms with Crippen LogP contribution in [-0.4, -0.2) is 36.6 Å². The predicted octanol–water partition coefficient (Wildman–Crippen LogP) is 5.73. The third-order valence-corrected chi connectivity index (χ3v) is 6.54. The number of aryl methyl sites for hydroxylation is 1. The number of benzene rings is 3. The van der Waals surface area contributed by atoms with Gasteiger partial charge in [0.25, 0.3) is 0 Å². The summed E-state index contributed by atoms with van der Waals surface area (Å²) in [5.74, 6) is -1.05. The summed E-state index contributed by atoms with van der Waals surface area (Å²) < 4.78 is 5.62. The Labute approximate surface area is 197 Å². The monoisotopic (exact) mass is 462 g/mol. The van der Waals surface area contributed by atoms with Gasteiger partial charge in [0.15, 0.2) is 0 Å². The van der Waals surface area contributed by atoms with Crippen LogP contribution in [0.5, 0.6) is 0 Å². The number of hydrogen-bond donors (Lipinski definition) is 0. The number of nitrogens with zero attached hydrogens (tertiary/aromatic N) is 2. The molecule has 3 aromatic carbocycles. The zero-order valence-corrected chi connectivity index (χ0v) is 19.1. The standard InChI is InChI=1S/C26H23ClN2O4/c1-16-11-12-17(13-23(16)27)14-24(25(30)28-32)29(2)26(31)33-15-22-20-9-5-3-7-18(20)19-8-4-6-10-21(19)22/h3-13,22,24H,14-15H2,1-2H3. The van der Waals surface area contributed by atoms with Gasteiger partial charge in [0.2, 0.25) is 0 Å². The average Bonchev–Trinajstić information content (AvgIpc) is 3.16. The van der Waals surface area contributed by atoms with Crippen molar-refractivity contribution in [1.29, 1.82) is 0 Å². The molecule has 0 bridgehead atoms. The van der Waals surface area contributed by atoms with Crippen LogP contribution in [0.15, 0.2) is 71.9 Å². The van der Waals surface area contributed by atoms with Crippen molar-refractivity contribution in [3.8, 4) is 11.1 Å². The molecule has 0 aliphatic heterocycles. The van der Waals surface area contributed by atoms with Gasteiger partial charge < -0.3 is 4.74 Å². The highest BCUT2D eigenvalue weighted by Crippen LogP contribution is 2.44. The summed E-state index contributed by atoms with van der Waals surface area (Å²) in [5, 5.41) is 3.10. The third-order valence-electron chi connectivity index (χ3n) is 6.13. The first kappa shape index (κ1) is 22.7. The summed E-state index contributed by atoms with van der Waals surface area (Å²) >= 11 is 6.18. The molecule has 0 N–H and O–H groups in total. The van der Waals surface area contributed by atoms with E-state index < -0.39 is 18.0 Å². The Morgan fingerprint density at radius 2 is 1.64 bits per heavy atom. The molecule has 33 heavy (non-hydrogen) atoms. The van der Waals surface area contributed by atoms with Crippen LogP contribution in [0.2, 0.25) is 5.02 Å². The molecular formula is C26H23ClN2O4. The van der Waals surface area contributed by atoms with E-state index in [0.29, 0.717) is 10.6 Å². The first-order valence-corrected chi connectivity index (χ1v) is 11.0. The van der Waals surface area contributed by atoms with Crippen molar-refractivity contribution < 1.29 is 14.3 Å². The van der Waals surface area contributed by atoms with Crippen molar-refractivity contribution in [2.45, 2.75) is 25.3 Å². The number of likely N-dealkylation sites (N-methyl/N-ethyl adjacent to an activating group) is 1. The van der Waals surface area contributed by atoms with E-state index >= 15 is 0 Å². The quantitative estimate of drug-likeness (QED) is 0.438. The molecule has 1 atom stereocenters. The van der Waals surface area contributed by atoms with E-state index in [-0.39, 0.29) is 18.9 Å². The Morgan fingerprint density at radius 1 is 1.03 bits per heavy atom. The molecule has 0 saturated carbocycles. The van der Waals surface area contributed by atoms with E-state index in [9.17, 15) is 14.5 Å². The number of carbonyl (C=O) groups excluding carboxylic acids is 2. The van der Waals surface area contributed by atoms with Gasteiger partial charge in [-0.3, -0.25) is 9.69 Å². The van der Waals surface area contributed by atoms with Crippen molar-refractivity contribution in [3.05, 3.63) is 98.9 Å². The summed E-state index contributed by atoms with van der Waals surface area (Å²) in [7, 11) is 1.43. The Bertz CT molecular complexity index is 1180. The van der Waals surface area contributed by atoms with Crippen molar-refractivity contribution in [2.24, 2.45) is 5.18 Å². The molecule has 0 fully saturated rings. The molecule has 7 heteroatoms. The summed E-state index contributed by atoms with van der Waals surface area (Å²) in [6, 6.07) is 20.3. The molecule has 1 aliphatic carbocycles. The van der Waals surface area contributed by atoms with Crippen LogP contribution in [0, 0.1) is 11.8 Å². The minimum absolute atomic E-state index is 0.102. The summed E-state index contributed by atoms with van der Waals surface area (Å²) in [4.78, 5) is 37.3. The highest BCUT2D eigenvalue weighted by molar-refractivity contribution is 6.31. The van der Waals surface area contributed by atoms with E-state index in [1.54, 1.807) is 12.1 Å². The van der Waals surface area contributed by atoms with Gasteiger partial charge in [-0.1, -0.05) is 72.3 Å². The summed E-state index contributed by atoms with van der Waals surface area (Å²) in [6.45, 7) is 1.98. The third kappa shape index (κ3) is 4.52. The molecule has 4 rings (SSSR count). The Morgan fingerprint density at radius 3 is 2.21 bits per heavy atom. The number of ether oxygens (including phenoxy) is 1. The molecule has 3 aromatic rings. The number of carbonyl (C=O) groups is 2. The smallest absolute Gasteiger partial charge is 0.410 e. The number of halogens is 1. The second kappa shape index (κ2) is 9.55.